The second-order valence-corrected chi connectivity index (χ2v) is 5.28. The SMILES string of the molecule is C=CCC(=O)C(=C\C(=O)OC)/N=C(\C)Nc1nc2cc(C)ccc2o1. The lowest BCUT2D eigenvalue weighted by atomic mass is 10.2. The highest BCUT2D eigenvalue weighted by Gasteiger charge is 2.12. The van der Waals surface area contributed by atoms with E-state index in [1.165, 1.54) is 13.2 Å². The molecule has 0 saturated heterocycles. The molecule has 2 aromatic rings. The monoisotopic (exact) mass is 341 g/mol. The van der Waals surface area contributed by atoms with Gasteiger partial charge in [0.15, 0.2) is 11.4 Å². The van der Waals surface area contributed by atoms with Crippen molar-refractivity contribution >= 4 is 34.7 Å². The molecule has 0 unspecified atom stereocenters. The third kappa shape index (κ3) is 4.87. The Morgan fingerprint density at radius 2 is 2.20 bits per heavy atom. The first kappa shape index (κ1) is 18.1. The fourth-order valence-corrected chi connectivity index (χ4v) is 2.04. The van der Waals surface area contributed by atoms with Crippen molar-refractivity contribution in [3.05, 3.63) is 48.2 Å². The number of fused-ring (bicyclic) bond motifs is 1. The third-order valence-corrected chi connectivity index (χ3v) is 3.19. The predicted molar refractivity (Wildman–Crippen MR) is 95.4 cm³/mol. The number of hydrogen-bond donors (Lipinski definition) is 1. The Morgan fingerprint density at radius 1 is 1.44 bits per heavy atom. The van der Waals surface area contributed by atoms with Gasteiger partial charge < -0.3 is 9.15 Å². The average molecular weight is 341 g/mol. The summed E-state index contributed by atoms with van der Waals surface area (Å²) in [6.07, 6.45) is 2.53. The molecular weight excluding hydrogens is 322 g/mol. The minimum Gasteiger partial charge on any atom is -0.466 e. The van der Waals surface area contributed by atoms with Crippen LogP contribution in [-0.4, -0.2) is 29.7 Å². The average Bonchev–Trinajstić information content (AvgIpc) is 2.95. The fraction of sp³-hybridized carbons (Fsp3) is 0.222. The first-order valence-corrected chi connectivity index (χ1v) is 7.56. The Hall–Kier alpha value is -3.22. The number of allylic oxidation sites excluding steroid dienone is 2. The van der Waals surface area contributed by atoms with Crippen LogP contribution in [-0.2, 0) is 14.3 Å². The standard InChI is InChI=1S/C18H19N3O4/c1-5-6-15(22)13(10-17(23)24-4)19-12(3)20-18-21-14-9-11(2)7-8-16(14)25-18/h5,7-10H,1,6H2,2-4H3,(H,19,20,21)/b13-10+. The van der Waals surface area contributed by atoms with E-state index in [1.807, 2.05) is 25.1 Å². The van der Waals surface area contributed by atoms with Gasteiger partial charge in [-0.15, -0.1) is 6.58 Å². The normalized spacial score (nSPS) is 12.1. The number of carbonyl (C=O) groups excluding carboxylic acids is 2. The summed E-state index contributed by atoms with van der Waals surface area (Å²) in [5.41, 5.74) is 2.37. The number of aliphatic imine (C=N–C) groups is 1. The molecular formula is C18H19N3O4. The van der Waals surface area contributed by atoms with Crippen molar-refractivity contribution in [2.75, 3.05) is 12.4 Å². The van der Waals surface area contributed by atoms with Gasteiger partial charge in [0.2, 0.25) is 0 Å². The quantitative estimate of drug-likeness (QED) is 0.285. The highest BCUT2D eigenvalue weighted by Crippen LogP contribution is 2.20. The molecule has 0 amide bonds. The Labute approximate surface area is 145 Å². The number of ketones is 1. The Morgan fingerprint density at radius 3 is 2.88 bits per heavy atom. The van der Waals surface area contributed by atoms with Crippen molar-refractivity contribution in [2.24, 2.45) is 4.99 Å². The number of Topliss-reactive ketones (excluding diaryl/α,β-unsaturated/α-hetero) is 1. The van der Waals surface area contributed by atoms with Crippen molar-refractivity contribution in [3.8, 4) is 0 Å². The molecule has 7 heteroatoms. The summed E-state index contributed by atoms with van der Waals surface area (Å²) < 4.78 is 10.1. The van der Waals surface area contributed by atoms with Crippen LogP contribution in [0.25, 0.3) is 11.1 Å². The van der Waals surface area contributed by atoms with Crippen molar-refractivity contribution in [1.29, 1.82) is 0 Å². The summed E-state index contributed by atoms with van der Waals surface area (Å²) in [6, 6.07) is 5.89. The van der Waals surface area contributed by atoms with E-state index in [-0.39, 0.29) is 23.9 Å². The number of nitrogens with one attached hydrogen (secondary N) is 1. The van der Waals surface area contributed by atoms with Gasteiger partial charge in [0.05, 0.1) is 13.2 Å². The zero-order valence-corrected chi connectivity index (χ0v) is 14.3. The molecule has 1 aromatic heterocycles. The molecule has 1 N–H and O–H groups in total. The molecule has 1 aromatic carbocycles. The molecule has 0 saturated carbocycles. The molecule has 7 nitrogen and oxygen atoms in total. The lowest BCUT2D eigenvalue weighted by Crippen LogP contribution is -2.11. The molecule has 1 heterocycles. The Balaban J connectivity index is 2.25. The number of rotatable bonds is 6. The number of oxazole rings is 1. The Kier molecular flexibility index (Phi) is 5.84. The van der Waals surface area contributed by atoms with Crippen LogP contribution in [0, 0.1) is 6.92 Å². The van der Waals surface area contributed by atoms with Crippen molar-refractivity contribution in [1.82, 2.24) is 4.98 Å². The van der Waals surface area contributed by atoms with Gasteiger partial charge in [-0.1, -0.05) is 12.1 Å². The van der Waals surface area contributed by atoms with E-state index in [4.69, 9.17) is 4.42 Å². The molecule has 0 aliphatic rings. The second-order valence-electron chi connectivity index (χ2n) is 5.28. The number of aromatic nitrogens is 1. The van der Waals surface area contributed by atoms with E-state index < -0.39 is 5.97 Å². The van der Waals surface area contributed by atoms with Gasteiger partial charge in [-0.05, 0) is 31.5 Å². The summed E-state index contributed by atoms with van der Waals surface area (Å²) in [5, 5.41) is 2.87. The molecule has 2 rings (SSSR count). The number of aryl methyl sites for hydroxylation is 1. The number of esters is 1. The van der Waals surface area contributed by atoms with Crippen LogP contribution in [0.2, 0.25) is 0 Å². The number of carbonyl (C=O) groups is 2. The Bertz CT molecular complexity index is 878. The number of methoxy groups -OCH3 is 1. The highest BCUT2D eigenvalue weighted by atomic mass is 16.5. The smallest absolute Gasteiger partial charge is 0.332 e. The minimum atomic E-state index is -0.665. The number of ether oxygens (including phenoxy) is 1. The molecule has 130 valence electrons. The zero-order valence-electron chi connectivity index (χ0n) is 14.3. The van der Waals surface area contributed by atoms with E-state index >= 15 is 0 Å². The van der Waals surface area contributed by atoms with Gasteiger partial charge in [-0.3, -0.25) is 10.1 Å². The van der Waals surface area contributed by atoms with E-state index in [0.29, 0.717) is 16.9 Å². The van der Waals surface area contributed by atoms with Gasteiger partial charge >= 0.3 is 12.0 Å². The molecule has 0 bridgehead atoms. The number of anilines is 1. The van der Waals surface area contributed by atoms with Crippen molar-refractivity contribution in [3.63, 3.8) is 0 Å². The van der Waals surface area contributed by atoms with Gasteiger partial charge in [0.1, 0.15) is 17.0 Å². The van der Waals surface area contributed by atoms with Crippen LogP contribution in [0.15, 0.2) is 52.0 Å². The maximum Gasteiger partial charge on any atom is 0.332 e. The van der Waals surface area contributed by atoms with Crippen molar-refractivity contribution < 1.29 is 18.7 Å². The van der Waals surface area contributed by atoms with Gasteiger partial charge in [-0.2, -0.15) is 4.98 Å². The number of amidine groups is 1. The maximum absolute atomic E-state index is 12.0. The number of nitrogens with zero attached hydrogens (tertiary/aromatic N) is 2. The molecule has 0 fully saturated rings. The molecule has 0 radical (unpaired) electrons. The molecule has 0 aliphatic heterocycles. The highest BCUT2D eigenvalue weighted by molar-refractivity contribution is 6.04. The van der Waals surface area contributed by atoms with E-state index in [2.05, 4.69) is 26.6 Å². The zero-order chi connectivity index (χ0) is 18.4. The molecule has 0 spiro atoms. The molecule has 0 atom stereocenters. The van der Waals surface area contributed by atoms with Crippen LogP contribution in [0.4, 0.5) is 6.01 Å². The van der Waals surface area contributed by atoms with Gasteiger partial charge in [-0.25, -0.2) is 9.79 Å². The summed E-state index contributed by atoms with van der Waals surface area (Å²) in [7, 11) is 1.23. The second kappa shape index (κ2) is 8.05. The summed E-state index contributed by atoms with van der Waals surface area (Å²) in [4.78, 5) is 31.9. The van der Waals surface area contributed by atoms with Crippen molar-refractivity contribution in [2.45, 2.75) is 20.3 Å². The number of hydrogen-bond acceptors (Lipinski definition) is 6. The summed E-state index contributed by atoms with van der Waals surface area (Å²) >= 11 is 0. The lowest BCUT2D eigenvalue weighted by Gasteiger charge is -2.03. The van der Waals surface area contributed by atoms with Crippen LogP contribution in [0.5, 0.6) is 0 Å². The van der Waals surface area contributed by atoms with Crippen LogP contribution >= 0.6 is 0 Å². The van der Waals surface area contributed by atoms with Crippen LogP contribution < -0.4 is 5.32 Å². The number of benzene rings is 1. The first-order chi connectivity index (χ1) is 11.9. The molecule has 0 aliphatic carbocycles. The summed E-state index contributed by atoms with van der Waals surface area (Å²) in [5.74, 6) is -0.674. The largest absolute Gasteiger partial charge is 0.466 e. The van der Waals surface area contributed by atoms with E-state index in [0.717, 1.165) is 11.6 Å². The first-order valence-electron chi connectivity index (χ1n) is 7.56. The van der Waals surface area contributed by atoms with Gasteiger partial charge in [0, 0.05) is 6.42 Å². The summed E-state index contributed by atoms with van der Waals surface area (Å²) in [6.45, 7) is 7.10. The minimum absolute atomic E-state index is 0.0382. The lowest BCUT2D eigenvalue weighted by molar-refractivity contribution is -0.135. The fourth-order valence-electron chi connectivity index (χ4n) is 2.04. The van der Waals surface area contributed by atoms with Crippen LogP contribution in [0.1, 0.15) is 18.9 Å². The maximum atomic E-state index is 12.0. The molecule has 25 heavy (non-hydrogen) atoms. The van der Waals surface area contributed by atoms with E-state index in [9.17, 15) is 9.59 Å². The predicted octanol–water partition coefficient (Wildman–Crippen LogP) is 3.17. The van der Waals surface area contributed by atoms with E-state index in [1.54, 1.807) is 6.92 Å². The topological polar surface area (TPSA) is 93.8 Å². The third-order valence-electron chi connectivity index (χ3n) is 3.19. The van der Waals surface area contributed by atoms with Crippen LogP contribution in [0.3, 0.4) is 0 Å². The van der Waals surface area contributed by atoms with Gasteiger partial charge in [0.25, 0.3) is 0 Å².